The number of hydrogen-bond donors (Lipinski definition) is 6. The molecule has 0 spiro atoms. The first-order chi connectivity index (χ1) is 21.8. The highest BCUT2D eigenvalue weighted by molar-refractivity contribution is 5.92. The zero-order chi connectivity index (χ0) is 33.8. The first-order valence-electron chi connectivity index (χ1n) is 13.5. The third-order valence-corrected chi connectivity index (χ3v) is 6.06. The number of aryl methyl sites for hydroxylation is 2. The number of hydrogen-bond acceptors (Lipinski definition) is 10. The second kappa shape index (κ2) is 15.8. The fraction of sp³-hybridized carbons (Fsp3) is 0.0571. The van der Waals surface area contributed by atoms with Gasteiger partial charge >= 0.3 is 17.9 Å². The van der Waals surface area contributed by atoms with Gasteiger partial charge in [0, 0.05) is 0 Å². The van der Waals surface area contributed by atoms with Crippen molar-refractivity contribution in [3.63, 3.8) is 0 Å². The van der Waals surface area contributed by atoms with Crippen molar-refractivity contribution in [2.24, 2.45) is 0 Å². The van der Waals surface area contributed by atoms with Crippen LogP contribution < -0.4 is 9.47 Å². The average Bonchev–Trinajstić information content (AvgIpc) is 3.02. The second-order valence-corrected chi connectivity index (χ2v) is 9.62. The predicted octanol–water partition coefficient (Wildman–Crippen LogP) is 6.34. The number of carbonyl (C=O) groups is 3. The lowest BCUT2D eigenvalue weighted by Crippen LogP contribution is -2.10. The van der Waals surface area contributed by atoms with Crippen LogP contribution in [0.25, 0.3) is 0 Å². The molecule has 0 bridgehead atoms. The van der Waals surface area contributed by atoms with E-state index in [1.54, 1.807) is 19.9 Å². The van der Waals surface area contributed by atoms with Gasteiger partial charge in [0.25, 0.3) is 0 Å². The minimum absolute atomic E-state index is 0.0576. The van der Waals surface area contributed by atoms with Gasteiger partial charge in [0.2, 0.25) is 0 Å². The molecule has 0 fully saturated rings. The van der Waals surface area contributed by atoms with Crippen LogP contribution in [0.2, 0.25) is 0 Å². The van der Waals surface area contributed by atoms with Crippen LogP contribution in [-0.2, 0) is 0 Å². The monoisotopic (exact) mass is 626 g/mol. The summed E-state index contributed by atoms with van der Waals surface area (Å²) in [6.45, 7) is 3.45. The predicted molar refractivity (Wildman–Crippen MR) is 167 cm³/mol. The average molecular weight is 627 g/mol. The van der Waals surface area contributed by atoms with Gasteiger partial charge in [0.15, 0.2) is 0 Å². The maximum Gasteiger partial charge on any atom is 0.343 e. The molecule has 46 heavy (non-hydrogen) atoms. The largest absolute Gasteiger partial charge is 0.508 e. The molecule has 6 N–H and O–H groups in total. The number of esters is 2. The van der Waals surface area contributed by atoms with Crippen molar-refractivity contribution in [3.05, 3.63) is 137 Å². The van der Waals surface area contributed by atoms with Crippen molar-refractivity contribution < 1.29 is 54.5 Å². The summed E-state index contributed by atoms with van der Waals surface area (Å²) in [6, 6.07) is 25.8. The van der Waals surface area contributed by atoms with Crippen LogP contribution in [0.4, 0.5) is 0 Å². The summed E-state index contributed by atoms with van der Waals surface area (Å²) in [5.74, 6) is -0.893. The summed E-state index contributed by atoms with van der Waals surface area (Å²) in [5, 5.41) is 53.4. The number of rotatable bonds is 5. The highest BCUT2D eigenvalue weighted by Gasteiger charge is 2.13. The van der Waals surface area contributed by atoms with Gasteiger partial charge in [-0.1, -0.05) is 0 Å². The highest BCUT2D eigenvalue weighted by atomic mass is 16.5. The molecule has 0 aliphatic heterocycles. The summed E-state index contributed by atoms with van der Waals surface area (Å²) >= 11 is 0. The summed E-state index contributed by atoms with van der Waals surface area (Å²) in [6.07, 6.45) is 0. The molecule has 0 radical (unpaired) electrons. The van der Waals surface area contributed by atoms with E-state index in [1.807, 2.05) is 0 Å². The van der Waals surface area contributed by atoms with E-state index in [0.29, 0.717) is 33.8 Å². The first kappa shape index (κ1) is 34.0. The Labute approximate surface area is 263 Å². The van der Waals surface area contributed by atoms with Gasteiger partial charge in [0.05, 0.1) is 16.7 Å². The number of carboxylic acid groups (broad SMARTS) is 1. The molecule has 0 aromatic heterocycles. The number of ether oxygens (including phenoxy) is 2. The van der Waals surface area contributed by atoms with Crippen LogP contribution in [-0.4, -0.2) is 48.5 Å². The molecular formula is C35H30O11. The number of aromatic carboxylic acids is 1. The van der Waals surface area contributed by atoms with Crippen molar-refractivity contribution in [2.45, 2.75) is 13.8 Å². The van der Waals surface area contributed by atoms with Gasteiger partial charge < -0.3 is 40.1 Å². The fourth-order valence-corrected chi connectivity index (χ4v) is 3.56. The van der Waals surface area contributed by atoms with Crippen LogP contribution in [0, 0.1) is 13.8 Å². The summed E-state index contributed by atoms with van der Waals surface area (Å²) in [4.78, 5) is 34.5. The first-order valence-corrected chi connectivity index (χ1v) is 13.5. The molecule has 5 aromatic rings. The Morgan fingerprint density at radius 2 is 0.913 bits per heavy atom. The van der Waals surface area contributed by atoms with E-state index in [-0.39, 0.29) is 34.3 Å². The van der Waals surface area contributed by atoms with Gasteiger partial charge in [-0.15, -0.1) is 0 Å². The highest BCUT2D eigenvalue weighted by Crippen LogP contribution is 2.25. The number of aromatic hydroxyl groups is 5. The summed E-state index contributed by atoms with van der Waals surface area (Å²) in [5.41, 5.74) is 2.08. The molecule has 0 aliphatic carbocycles. The van der Waals surface area contributed by atoms with Gasteiger partial charge in [-0.2, -0.15) is 0 Å². The lowest BCUT2D eigenvalue weighted by Gasteiger charge is -2.10. The Morgan fingerprint density at radius 3 is 1.33 bits per heavy atom. The normalized spacial score (nSPS) is 9.87. The smallest absolute Gasteiger partial charge is 0.343 e. The number of carboxylic acids is 1. The van der Waals surface area contributed by atoms with Gasteiger partial charge in [-0.05, 0) is 134 Å². The van der Waals surface area contributed by atoms with E-state index in [0.717, 1.165) is 0 Å². The van der Waals surface area contributed by atoms with E-state index in [1.165, 1.54) is 103 Å². The van der Waals surface area contributed by atoms with Gasteiger partial charge in [0.1, 0.15) is 40.2 Å². The van der Waals surface area contributed by atoms with Crippen LogP contribution >= 0.6 is 0 Å². The van der Waals surface area contributed by atoms with E-state index >= 15 is 0 Å². The lowest BCUT2D eigenvalue weighted by molar-refractivity contribution is 0.0693. The van der Waals surface area contributed by atoms with E-state index in [4.69, 9.17) is 29.9 Å². The molecule has 0 unspecified atom stereocenters. The minimum Gasteiger partial charge on any atom is -0.508 e. The number of benzene rings is 5. The van der Waals surface area contributed by atoms with Crippen LogP contribution in [0.3, 0.4) is 0 Å². The molecule has 0 atom stereocenters. The maximum atomic E-state index is 12.1. The van der Waals surface area contributed by atoms with E-state index in [2.05, 4.69) is 0 Å². The van der Waals surface area contributed by atoms with Gasteiger partial charge in [-0.25, -0.2) is 14.4 Å². The Morgan fingerprint density at radius 1 is 0.478 bits per heavy atom. The van der Waals surface area contributed by atoms with E-state index in [9.17, 15) is 24.6 Å². The molecule has 11 nitrogen and oxygen atoms in total. The van der Waals surface area contributed by atoms with Crippen molar-refractivity contribution in [1.29, 1.82) is 0 Å². The van der Waals surface area contributed by atoms with E-state index < -0.39 is 17.9 Å². The van der Waals surface area contributed by atoms with Crippen molar-refractivity contribution in [2.75, 3.05) is 0 Å². The molecular weight excluding hydrogens is 596 g/mol. The van der Waals surface area contributed by atoms with Crippen LogP contribution in [0.15, 0.2) is 109 Å². The molecule has 236 valence electrons. The van der Waals surface area contributed by atoms with Crippen molar-refractivity contribution in [3.8, 4) is 40.2 Å². The SMILES string of the molecule is Cc1cc(O)ccc1O.Cc1cc(OC(=O)c2ccc(O)cc2)ccc1OC(=O)c1ccc(O)cc1.O=C(O)c1ccc(O)cc1. The summed E-state index contributed by atoms with van der Waals surface area (Å²) < 4.78 is 10.6. The Kier molecular flexibility index (Phi) is 11.7. The molecule has 11 heteroatoms. The number of phenolic OH excluding ortho intramolecular Hbond substituents is 5. The summed E-state index contributed by atoms with van der Waals surface area (Å²) in [7, 11) is 0. The molecule has 5 rings (SSSR count). The molecule has 0 saturated carbocycles. The quantitative estimate of drug-likeness (QED) is 0.0725. The Hall–Kier alpha value is -6.49. The van der Waals surface area contributed by atoms with Crippen LogP contribution in [0.5, 0.6) is 40.2 Å². The number of phenols is 5. The molecule has 5 aromatic carbocycles. The zero-order valence-electron chi connectivity index (χ0n) is 24.6. The third-order valence-electron chi connectivity index (χ3n) is 6.06. The Bertz CT molecular complexity index is 1800. The maximum absolute atomic E-state index is 12.1. The van der Waals surface area contributed by atoms with Crippen molar-refractivity contribution >= 4 is 17.9 Å². The fourth-order valence-electron chi connectivity index (χ4n) is 3.56. The second-order valence-electron chi connectivity index (χ2n) is 9.62. The van der Waals surface area contributed by atoms with Crippen LogP contribution in [0.1, 0.15) is 42.2 Å². The third kappa shape index (κ3) is 10.3. The van der Waals surface area contributed by atoms with Gasteiger partial charge in [-0.3, -0.25) is 0 Å². The molecule has 0 heterocycles. The Balaban J connectivity index is 0.000000246. The topological polar surface area (TPSA) is 191 Å². The molecule has 0 saturated heterocycles. The van der Waals surface area contributed by atoms with Crippen molar-refractivity contribution in [1.82, 2.24) is 0 Å². The zero-order valence-corrected chi connectivity index (χ0v) is 24.6. The lowest BCUT2D eigenvalue weighted by atomic mass is 10.2. The number of carbonyl (C=O) groups excluding carboxylic acids is 2. The minimum atomic E-state index is -0.986. The standard InChI is InChI=1S/C21H16O6.C7H6O3.C7H8O2/c1-13-12-18(26-20(24)14-2-6-16(22)7-3-14)10-11-19(13)27-21(25)15-4-8-17(23)9-5-15;8-6-3-1-5(2-4-6)7(9)10;1-5-4-6(8)2-3-7(5)9/h2-12,22-23H,1H3;1-4,8H,(H,9,10);2-4,8-9H,1H3. The molecule has 0 amide bonds. The molecule has 0 aliphatic rings.